The summed E-state index contributed by atoms with van der Waals surface area (Å²) in [5.41, 5.74) is 1.13. The third kappa shape index (κ3) is 3.89. The summed E-state index contributed by atoms with van der Waals surface area (Å²) in [7, 11) is 0. The van der Waals surface area contributed by atoms with Gasteiger partial charge in [0.1, 0.15) is 0 Å². The molecule has 0 radical (unpaired) electrons. The van der Waals surface area contributed by atoms with Crippen LogP contribution in [-0.2, 0) is 16.1 Å². The van der Waals surface area contributed by atoms with Gasteiger partial charge in [-0.3, -0.25) is 9.59 Å². The highest BCUT2D eigenvalue weighted by Crippen LogP contribution is 2.18. The summed E-state index contributed by atoms with van der Waals surface area (Å²) in [4.78, 5) is 25.4. The molecule has 0 spiro atoms. The summed E-state index contributed by atoms with van der Waals surface area (Å²) in [5.74, 6) is 0.269. The normalized spacial score (nSPS) is 14.4. The number of fused-ring (bicyclic) bond motifs is 1. The van der Waals surface area contributed by atoms with Crippen molar-refractivity contribution in [3.63, 3.8) is 0 Å². The number of benzene rings is 2. The van der Waals surface area contributed by atoms with E-state index in [2.05, 4.69) is 23.5 Å². The van der Waals surface area contributed by atoms with Crippen LogP contribution in [-0.4, -0.2) is 29.8 Å². The van der Waals surface area contributed by atoms with E-state index in [1.165, 1.54) is 10.8 Å². The lowest BCUT2D eigenvalue weighted by molar-refractivity contribution is -0.128. The maximum absolute atomic E-state index is 12.0. The second-order valence-corrected chi connectivity index (χ2v) is 6.00. The van der Waals surface area contributed by atoms with Crippen LogP contribution >= 0.6 is 0 Å². The number of carbonyl (C=O) groups excluding carboxylic acids is 2. The van der Waals surface area contributed by atoms with Crippen molar-refractivity contribution in [2.45, 2.75) is 32.2 Å². The lowest BCUT2D eigenvalue weighted by Crippen LogP contribution is -2.28. The number of rotatable bonds is 6. The Balaban J connectivity index is 1.47. The Labute approximate surface area is 136 Å². The number of hydrogen-bond donors (Lipinski definition) is 1. The van der Waals surface area contributed by atoms with E-state index in [1.807, 2.05) is 29.2 Å². The summed E-state index contributed by atoms with van der Waals surface area (Å²) in [6.45, 7) is 2.08. The van der Waals surface area contributed by atoms with Crippen LogP contribution in [0.1, 0.15) is 31.2 Å². The van der Waals surface area contributed by atoms with Crippen molar-refractivity contribution < 1.29 is 9.59 Å². The van der Waals surface area contributed by atoms with Gasteiger partial charge in [-0.05, 0) is 29.2 Å². The largest absolute Gasteiger partial charge is 0.352 e. The van der Waals surface area contributed by atoms with Gasteiger partial charge >= 0.3 is 0 Å². The quantitative estimate of drug-likeness (QED) is 0.892. The Morgan fingerprint density at radius 2 is 1.96 bits per heavy atom. The summed E-state index contributed by atoms with van der Waals surface area (Å²) < 4.78 is 0. The lowest BCUT2D eigenvalue weighted by Gasteiger charge is -2.15. The van der Waals surface area contributed by atoms with Gasteiger partial charge in [0.15, 0.2) is 0 Å². The molecule has 1 fully saturated rings. The van der Waals surface area contributed by atoms with Gasteiger partial charge in [-0.1, -0.05) is 42.5 Å². The Kier molecular flexibility index (Phi) is 4.91. The van der Waals surface area contributed by atoms with Crippen molar-refractivity contribution in [1.29, 1.82) is 0 Å². The van der Waals surface area contributed by atoms with Gasteiger partial charge in [-0.15, -0.1) is 0 Å². The van der Waals surface area contributed by atoms with Crippen molar-refractivity contribution in [2.24, 2.45) is 0 Å². The SMILES string of the molecule is O=C(CCCN1CCCC1=O)NCc1cccc2ccccc12. The maximum Gasteiger partial charge on any atom is 0.222 e. The van der Waals surface area contributed by atoms with Crippen LogP contribution in [0, 0.1) is 0 Å². The van der Waals surface area contributed by atoms with Crippen LogP contribution in [0.5, 0.6) is 0 Å². The van der Waals surface area contributed by atoms with Crippen LogP contribution in [0.15, 0.2) is 42.5 Å². The molecule has 2 aromatic carbocycles. The molecule has 2 aromatic rings. The first-order valence-electron chi connectivity index (χ1n) is 8.25. The number of carbonyl (C=O) groups is 2. The molecule has 0 saturated carbocycles. The van der Waals surface area contributed by atoms with Gasteiger partial charge < -0.3 is 10.2 Å². The minimum absolute atomic E-state index is 0.0459. The molecule has 1 saturated heterocycles. The first kappa shape index (κ1) is 15.5. The van der Waals surface area contributed by atoms with E-state index in [4.69, 9.17) is 0 Å². The molecule has 23 heavy (non-hydrogen) atoms. The van der Waals surface area contributed by atoms with Crippen molar-refractivity contribution in [3.05, 3.63) is 48.0 Å². The zero-order valence-electron chi connectivity index (χ0n) is 13.3. The van der Waals surface area contributed by atoms with Gasteiger partial charge in [-0.2, -0.15) is 0 Å². The average Bonchev–Trinajstić information content (AvgIpc) is 2.98. The first-order valence-corrected chi connectivity index (χ1v) is 8.25. The highest BCUT2D eigenvalue weighted by atomic mass is 16.2. The number of likely N-dealkylation sites (tertiary alicyclic amines) is 1. The minimum Gasteiger partial charge on any atom is -0.352 e. The molecule has 0 atom stereocenters. The molecule has 2 amide bonds. The van der Waals surface area contributed by atoms with Crippen molar-refractivity contribution in [2.75, 3.05) is 13.1 Å². The Hall–Kier alpha value is -2.36. The molecule has 0 aliphatic carbocycles. The second-order valence-electron chi connectivity index (χ2n) is 6.00. The van der Waals surface area contributed by atoms with E-state index in [0.717, 1.165) is 24.9 Å². The third-order valence-corrected chi connectivity index (χ3v) is 4.36. The van der Waals surface area contributed by atoms with Gasteiger partial charge in [0.25, 0.3) is 0 Å². The minimum atomic E-state index is 0.0459. The standard InChI is InChI=1S/C19H22N2O2/c22-18(10-4-12-21-13-5-11-19(21)23)20-14-16-8-3-7-15-6-1-2-9-17(15)16/h1-3,6-9H,4-5,10-14H2,(H,20,22). The molecule has 0 unspecified atom stereocenters. The number of hydrogen-bond acceptors (Lipinski definition) is 2. The van der Waals surface area contributed by atoms with E-state index < -0.39 is 0 Å². The average molecular weight is 310 g/mol. The molecular weight excluding hydrogens is 288 g/mol. The van der Waals surface area contributed by atoms with Crippen molar-refractivity contribution in [1.82, 2.24) is 10.2 Å². The fraction of sp³-hybridized carbons (Fsp3) is 0.368. The number of nitrogens with zero attached hydrogens (tertiary/aromatic N) is 1. The van der Waals surface area contributed by atoms with Crippen molar-refractivity contribution in [3.8, 4) is 0 Å². The monoisotopic (exact) mass is 310 g/mol. The summed E-state index contributed by atoms with van der Waals surface area (Å²) in [6, 6.07) is 14.3. The van der Waals surface area contributed by atoms with Gasteiger partial charge in [0, 0.05) is 32.5 Å². The molecule has 4 heteroatoms. The second kappa shape index (κ2) is 7.27. The Morgan fingerprint density at radius 1 is 1.13 bits per heavy atom. The van der Waals surface area contributed by atoms with Gasteiger partial charge in [0.05, 0.1) is 0 Å². The van der Waals surface area contributed by atoms with E-state index in [9.17, 15) is 9.59 Å². The van der Waals surface area contributed by atoms with Crippen molar-refractivity contribution >= 4 is 22.6 Å². The molecule has 1 heterocycles. The highest BCUT2D eigenvalue weighted by molar-refractivity contribution is 5.86. The first-order chi connectivity index (χ1) is 11.2. The molecule has 0 bridgehead atoms. The predicted octanol–water partition coefficient (Wildman–Crippen LogP) is 2.86. The van der Waals surface area contributed by atoms with Crippen LogP contribution in [0.3, 0.4) is 0 Å². The van der Waals surface area contributed by atoms with Crippen LogP contribution < -0.4 is 5.32 Å². The summed E-state index contributed by atoms with van der Waals surface area (Å²) in [5, 5.41) is 5.35. The molecule has 1 aliphatic heterocycles. The smallest absolute Gasteiger partial charge is 0.222 e. The predicted molar refractivity (Wildman–Crippen MR) is 90.8 cm³/mol. The maximum atomic E-state index is 12.0. The van der Waals surface area contributed by atoms with E-state index in [1.54, 1.807) is 0 Å². The Bertz CT molecular complexity index is 706. The molecule has 4 nitrogen and oxygen atoms in total. The van der Waals surface area contributed by atoms with Gasteiger partial charge in [0.2, 0.25) is 11.8 Å². The number of amides is 2. The molecule has 3 rings (SSSR count). The molecule has 120 valence electrons. The van der Waals surface area contributed by atoms with Crippen LogP contribution in [0.2, 0.25) is 0 Å². The summed E-state index contributed by atoms with van der Waals surface area (Å²) in [6.07, 6.45) is 2.81. The van der Waals surface area contributed by atoms with E-state index in [-0.39, 0.29) is 11.8 Å². The number of nitrogens with one attached hydrogen (secondary N) is 1. The van der Waals surface area contributed by atoms with E-state index >= 15 is 0 Å². The fourth-order valence-corrected chi connectivity index (χ4v) is 3.10. The van der Waals surface area contributed by atoms with E-state index in [0.29, 0.717) is 25.9 Å². The molecule has 1 aliphatic rings. The molecule has 1 N–H and O–H groups in total. The van der Waals surface area contributed by atoms with Crippen LogP contribution in [0.25, 0.3) is 10.8 Å². The topological polar surface area (TPSA) is 49.4 Å². The zero-order valence-corrected chi connectivity index (χ0v) is 13.3. The zero-order chi connectivity index (χ0) is 16.1. The summed E-state index contributed by atoms with van der Waals surface area (Å²) >= 11 is 0. The van der Waals surface area contributed by atoms with Crippen LogP contribution in [0.4, 0.5) is 0 Å². The third-order valence-electron chi connectivity index (χ3n) is 4.36. The molecular formula is C19H22N2O2. The lowest BCUT2D eigenvalue weighted by atomic mass is 10.0. The fourth-order valence-electron chi connectivity index (χ4n) is 3.10. The van der Waals surface area contributed by atoms with Gasteiger partial charge in [-0.25, -0.2) is 0 Å². The highest BCUT2D eigenvalue weighted by Gasteiger charge is 2.19. The molecule has 0 aromatic heterocycles. The Morgan fingerprint density at radius 3 is 2.78 bits per heavy atom.